The van der Waals surface area contributed by atoms with Crippen LogP contribution < -0.4 is 5.32 Å². The highest BCUT2D eigenvalue weighted by atomic mass is 16.2. The maximum Gasteiger partial charge on any atom is 0.244 e. The molecular formula is C21H31N3O2. The number of amides is 1. The molecule has 5 nitrogen and oxygen atoms in total. The maximum atomic E-state index is 11.9. The molecule has 1 aliphatic rings. The summed E-state index contributed by atoms with van der Waals surface area (Å²) < 4.78 is 0. The number of allylic oxidation sites excluding steroid dienone is 7. The van der Waals surface area contributed by atoms with E-state index in [0.29, 0.717) is 12.3 Å². The van der Waals surface area contributed by atoms with Crippen LogP contribution in [0.3, 0.4) is 0 Å². The van der Waals surface area contributed by atoms with E-state index in [1.807, 2.05) is 51.3 Å². The van der Waals surface area contributed by atoms with E-state index in [9.17, 15) is 9.59 Å². The van der Waals surface area contributed by atoms with Crippen molar-refractivity contribution in [1.29, 1.82) is 0 Å². The van der Waals surface area contributed by atoms with Crippen LogP contribution in [0, 0.1) is 5.92 Å². The topological polar surface area (TPSA) is 52.7 Å². The van der Waals surface area contributed by atoms with Crippen LogP contribution in [0.1, 0.15) is 27.2 Å². The molecule has 0 spiro atoms. The summed E-state index contributed by atoms with van der Waals surface area (Å²) in [4.78, 5) is 27.7. The zero-order chi connectivity index (χ0) is 19.5. The predicted octanol–water partition coefficient (Wildman–Crippen LogP) is 3.01. The Morgan fingerprint density at radius 3 is 2.27 bits per heavy atom. The lowest BCUT2D eigenvalue weighted by atomic mass is 10.0. The van der Waals surface area contributed by atoms with E-state index in [1.54, 1.807) is 12.2 Å². The third-order valence-electron chi connectivity index (χ3n) is 3.81. The highest BCUT2D eigenvalue weighted by Gasteiger charge is 2.16. The van der Waals surface area contributed by atoms with Gasteiger partial charge in [-0.1, -0.05) is 50.3 Å². The van der Waals surface area contributed by atoms with Gasteiger partial charge < -0.3 is 15.1 Å². The number of hydrogen-bond acceptors (Lipinski definition) is 4. The second kappa shape index (κ2) is 11.1. The van der Waals surface area contributed by atoms with Gasteiger partial charge in [-0.15, -0.1) is 0 Å². The molecule has 0 aliphatic carbocycles. The summed E-state index contributed by atoms with van der Waals surface area (Å²) >= 11 is 0. The fourth-order valence-electron chi connectivity index (χ4n) is 2.52. The van der Waals surface area contributed by atoms with E-state index in [2.05, 4.69) is 28.4 Å². The van der Waals surface area contributed by atoms with Crippen LogP contribution >= 0.6 is 0 Å². The second-order valence-corrected chi connectivity index (χ2v) is 6.94. The minimum Gasteiger partial charge on any atom is -0.361 e. The molecule has 1 unspecified atom stereocenters. The first-order valence-electron chi connectivity index (χ1n) is 8.91. The minimum atomic E-state index is -0.414. The average Bonchev–Trinajstić information content (AvgIpc) is 2.86. The highest BCUT2D eigenvalue weighted by molar-refractivity contribution is 5.92. The van der Waals surface area contributed by atoms with Gasteiger partial charge >= 0.3 is 0 Å². The highest BCUT2D eigenvalue weighted by Crippen LogP contribution is 2.12. The van der Waals surface area contributed by atoms with Crippen LogP contribution in [0.15, 0.2) is 60.5 Å². The molecule has 0 aromatic heterocycles. The number of ketones is 1. The van der Waals surface area contributed by atoms with E-state index in [1.165, 1.54) is 18.7 Å². The normalized spacial score (nSPS) is 16.6. The number of carbonyl (C=O) groups is 2. The fraction of sp³-hybridized carbons (Fsp3) is 0.429. The standard InChI is InChI=1S/C21H31N3O2/c1-17(2)14-20(18(3)25)22-21(26)13-11-9-7-6-8-10-12-19-15-23(4)16-24(19)5/h6-13,15,17,20H,14,16H2,1-5H3,(H,22,26). The molecule has 0 aromatic rings. The molecule has 0 saturated heterocycles. The Kier molecular flexibility index (Phi) is 9.20. The maximum absolute atomic E-state index is 11.9. The van der Waals surface area contributed by atoms with Crippen molar-refractivity contribution in [1.82, 2.24) is 15.1 Å². The lowest BCUT2D eigenvalue weighted by Crippen LogP contribution is -2.39. The first-order chi connectivity index (χ1) is 12.3. The summed E-state index contributed by atoms with van der Waals surface area (Å²) in [6.45, 7) is 6.46. The van der Waals surface area contributed by atoms with Crippen LogP contribution in [-0.2, 0) is 9.59 Å². The molecule has 0 aromatic carbocycles. The molecule has 1 aliphatic heterocycles. The largest absolute Gasteiger partial charge is 0.361 e. The summed E-state index contributed by atoms with van der Waals surface area (Å²) in [7, 11) is 4.09. The van der Waals surface area contributed by atoms with Gasteiger partial charge in [-0.2, -0.15) is 0 Å². The van der Waals surface area contributed by atoms with Crippen LogP contribution in [0.5, 0.6) is 0 Å². The Morgan fingerprint density at radius 1 is 1.12 bits per heavy atom. The number of nitrogens with one attached hydrogen (secondary N) is 1. The van der Waals surface area contributed by atoms with Gasteiger partial charge in [0.2, 0.25) is 5.91 Å². The predicted molar refractivity (Wildman–Crippen MR) is 107 cm³/mol. The quantitative estimate of drug-likeness (QED) is 0.509. The molecular weight excluding hydrogens is 326 g/mol. The number of hydrogen-bond donors (Lipinski definition) is 1. The third kappa shape index (κ3) is 8.51. The smallest absolute Gasteiger partial charge is 0.244 e. The number of likely N-dealkylation sites (N-methyl/N-ethyl adjacent to an activating group) is 1. The van der Waals surface area contributed by atoms with Crippen molar-refractivity contribution in [3.63, 3.8) is 0 Å². The summed E-state index contributed by atoms with van der Waals surface area (Å²) in [6.07, 6.45) is 17.3. The Bertz CT molecular complexity index is 627. The number of Topliss-reactive ketones (excluding diaryl/α,β-unsaturated/α-hetero) is 1. The Labute approximate surface area is 157 Å². The monoisotopic (exact) mass is 357 g/mol. The molecule has 0 fully saturated rings. The van der Waals surface area contributed by atoms with Gasteiger partial charge in [-0.25, -0.2) is 0 Å². The molecule has 5 heteroatoms. The van der Waals surface area contributed by atoms with Crippen molar-refractivity contribution < 1.29 is 9.59 Å². The molecule has 1 heterocycles. The molecule has 26 heavy (non-hydrogen) atoms. The molecule has 0 saturated carbocycles. The van der Waals surface area contributed by atoms with Crippen molar-refractivity contribution >= 4 is 11.7 Å². The van der Waals surface area contributed by atoms with Crippen molar-refractivity contribution in [2.24, 2.45) is 5.92 Å². The van der Waals surface area contributed by atoms with E-state index >= 15 is 0 Å². The van der Waals surface area contributed by atoms with Gasteiger partial charge in [0, 0.05) is 26.4 Å². The lowest BCUT2D eigenvalue weighted by molar-refractivity contribution is -0.124. The van der Waals surface area contributed by atoms with E-state index in [4.69, 9.17) is 0 Å². The van der Waals surface area contributed by atoms with Gasteiger partial charge in [0.1, 0.15) is 0 Å². The average molecular weight is 357 g/mol. The van der Waals surface area contributed by atoms with E-state index in [0.717, 1.165) is 6.67 Å². The molecule has 1 amide bonds. The SMILES string of the molecule is CC(=O)C(CC(C)C)NC(=O)C=CC=CC=CC=CC1=CN(C)CN1C. The van der Waals surface area contributed by atoms with E-state index < -0.39 is 6.04 Å². The number of carbonyl (C=O) groups excluding carboxylic acids is 2. The summed E-state index contributed by atoms with van der Waals surface area (Å²) in [5.74, 6) is 0.0890. The Morgan fingerprint density at radius 2 is 1.73 bits per heavy atom. The van der Waals surface area contributed by atoms with Gasteiger partial charge in [0.05, 0.1) is 18.4 Å². The number of rotatable bonds is 9. The molecule has 0 bridgehead atoms. The number of nitrogens with zero attached hydrogens (tertiary/aromatic N) is 2. The summed E-state index contributed by atoms with van der Waals surface area (Å²) in [6, 6.07) is -0.414. The van der Waals surface area contributed by atoms with Gasteiger partial charge in [0.25, 0.3) is 0 Å². The summed E-state index contributed by atoms with van der Waals surface area (Å²) in [5, 5.41) is 2.74. The van der Waals surface area contributed by atoms with Gasteiger partial charge in [0.15, 0.2) is 5.78 Å². The molecule has 1 rings (SSSR count). The van der Waals surface area contributed by atoms with E-state index in [-0.39, 0.29) is 11.7 Å². The van der Waals surface area contributed by atoms with Crippen molar-refractivity contribution in [3.8, 4) is 0 Å². The second-order valence-electron chi connectivity index (χ2n) is 6.94. The Balaban J connectivity index is 2.39. The van der Waals surface area contributed by atoms with Crippen molar-refractivity contribution in [3.05, 3.63) is 60.5 Å². The molecule has 1 N–H and O–H groups in total. The zero-order valence-corrected chi connectivity index (χ0v) is 16.5. The Hall–Kier alpha value is -2.56. The first kappa shape index (κ1) is 21.5. The molecule has 1 atom stereocenters. The first-order valence-corrected chi connectivity index (χ1v) is 8.91. The zero-order valence-electron chi connectivity index (χ0n) is 16.5. The van der Waals surface area contributed by atoms with Crippen LogP contribution in [-0.4, -0.2) is 48.3 Å². The summed E-state index contributed by atoms with van der Waals surface area (Å²) in [5.41, 5.74) is 1.17. The van der Waals surface area contributed by atoms with Crippen molar-refractivity contribution in [2.75, 3.05) is 20.8 Å². The van der Waals surface area contributed by atoms with Gasteiger partial charge in [-0.3, -0.25) is 9.59 Å². The molecule has 142 valence electrons. The van der Waals surface area contributed by atoms with Crippen LogP contribution in [0.2, 0.25) is 0 Å². The lowest BCUT2D eigenvalue weighted by Gasteiger charge is -2.16. The fourth-order valence-corrected chi connectivity index (χ4v) is 2.52. The van der Waals surface area contributed by atoms with Crippen molar-refractivity contribution in [2.45, 2.75) is 33.2 Å². The van der Waals surface area contributed by atoms with Crippen LogP contribution in [0.4, 0.5) is 0 Å². The third-order valence-corrected chi connectivity index (χ3v) is 3.81. The van der Waals surface area contributed by atoms with Crippen LogP contribution in [0.25, 0.3) is 0 Å². The minimum absolute atomic E-state index is 0.0140. The molecule has 0 radical (unpaired) electrons. The van der Waals surface area contributed by atoms with Gasteiger partial charge in [-0.05, 0) is 25.3 Å².